The Morgan fingerprint density at radius 1 is 0.768 bits per heavy atom. The monoisotopic (exact) mass is 753 g/mol. The van der Waals surface area contributed by atoms with Crippen molar-refractivity contribution in [3.63, 3.8) is 0 Å². The van der Waals surface area contributed by atoms with Gasteiger partial charge in [-0.15, -0.1) is 0 Å². The van der Waals surface area contributed by atoms with Crippen molar-refractivity contribution in [3.05, 3.63) is 106 Å². The van der Waals surface area contributed by atoms with E-state index in [-0.39, 0.29) is 17.1 Å². The summed E-state index contributed by atoms with van der Waals surface area (Å²) in [4.78, 5) is 23.3. The quantitative estimate of drug-likeness (QED) is 0.0522. The third kappa shape index (κ3) is 11.2. The molecule has 0 unspecified atom stereocenters. The molecule has 0 radical (unpaired) electrons. The molecule has 1 aliphatic rings. The topological polar surface area (TPSA) is 52.1 Å². The SMILES string of the molecule is CCCCCCCCCCCCCCCC(=O)c1ccc(COC[C@@H](CC(C)(C)C)c2c(C)nc3ccccc3c2-c2ccc3c4c(ccnc24)CCC3)cc1. The van der Waals surface area contributed by atoms with Crippen molar-refractivity contribution in [1.29, 1.82) is 0 Å². The van der Waals surface area contributed by atoms with E-state index in [4.69, 9.17) is 14.7 Å². The van der Waals surface area contributed by atoms with Gasteiger partial charge >= 0.3 is 0 Å². The van der Waals surface area contributed by atoms with E-state index in [0.717, 1.165) is 60.0 Å². The molecular formula is C52H68N2O2. The van der Waals surface area contributed by atoms with E-state index in [1.54, 1.807) is 0 Å². The van der Waals surface area contributed by atoms with Crippen molar-refractivity contribution in [2.45, 2.75) is 163 Å². The van der Waals surface area contributed by atoms with E-state index in [1.165, 1.54) is 116 Å². The van der Waals surface area contributed by atoms with E-state index in [1.807, 2.05) is 18.3 Å². The number of carbonyl (C=O) groups is 1. The summed E-state index contributed by atoms with van der Waals surface area (Å²) in [5.41, 5.74) is 11.7. The highest BCUT2D eigenvalue weighted by Crippen LogP contribution is 2.44. The lowest BCUT2D eigenvalue weighted by Crippen LogP contribution is -2.19. The molecule has 0 amide bonds. The number of hydrogen-bond acceptors (Lipinski definition) is 4. The first-order valence-corrected chi connectivity index (χ1v) is 22.2. The molecule has 2 aromatic heterocycles. The fraction of sp³-hybridized carbons (Fsp3) is 0.519. The Hall–Kier alpha value is -3.89. The van der Waals surface area contributed by atoms with Crippen LogP contribution in [-0.2, 0) is 24.2 Å². The maximum absolute atomic E-state index is 13.0. The average Bonchev–Trinajstić information content (AvgIpc) is 3.19. The summed E-state index contributed by atoms with van der Waals surface area (Å²) in [7, 11) is 0. The number of carbonyl (C=O) groups excluding carboxylic acids is 1. The molecule has 0 fully saturated rings. The van der Waals surface area contributed by atoms with Gasteiger partial charge in [0.25, 0.3) is 0 Å². The highest BCUT2D eigenvalue weighted by Gasteiger charge is 2.28. The molecular weight excluding hydrogens is 685 g/mol. The van der Waals surface area contributed by atoms with E-state index >= 15 is 0 Å². The lowest BCUT2D eigenvalue weighted by atomic mass is 9.77. The van der Waals surface area contributed by atoms with Gasteiger partial charge in [-0.2, -0.15) is 0 Å². The van der Waals surface area contributed by atoms with Gasteiger partial charge in [0.1, 0.15) is 0 Å². The number of ether oxygens (including phenoxy) is 1. The van der Waals surface area contributed by atoms with Crippen LogP contribution in [0.2, 0.25) is 0 Å². The van der Waals surface area contributed by atoms with Gasteiger partial charge in [-0.3, -0.25) is 14.8 Å². The Morgan fingerprint density at radius 3 is 2.09 bits per heavy atom. The molecule has 2 heterocycles. The summed E-state index contributed by atoms with van der Waals surface area (Å²) in [6.45, 7) is 12.5. The van der Waals surface area contributed by atoms with Crippen LogP contribution in [-0.4, -0.2) is 22.4 Å². The number of pyridine rings is 2. The van der Waals surface area contributed by atoms with Crippen LogP contribution in [0.25, 0.3) is 32.9 Å². The number of benzene rings is 3. The maximum atomic E-state index is 13.0. The van der Waals surface area contributed by atoms with Gasteiger partial charge in [0.15, 0.2) is 5.78 Å². The lowest BCUT2D eigenvalue weighted by Gasteiger charge is -2.30. The molecule has 0 aliphatic heterocycles. The molecule has 4 heteroatoms. The molecule has 56 heavy (non-hydrogen) atoms. The van der Waals surface area contributed by atoms with Crippen molar-refractivity contribution in [1.82, 2.24) is 9.97 Å². The third-order valence-corrected chi connectivity index (χ3v) is 12.0. The predicted octanol–water partition coefficient (Wildman–Crippen LogP) is 14.6. The molecule has 0 bridgehead atoms. The summed E-state index contributed by atoms with van der Waals surface area (Å²) in [5, 5.41) is 2.51. The van der Waals surface area contributed by atoms with Crippen LogP contribution < -0.4 is 0 Å². The Bertz CT molecular complexity index is 2010. The van der Waals surface area contributed by atoms with Crippen LogP contribution in [0, 0.1) is 12.3 Å². The minimum absolute atomic E-state index is 0.0802. The highest BCUT2D eigenvalue weighted by atomic mass is 16.5. The Kier molecular flexibility index (Phi) is 15.3. The smallest absolute Gasteiger partial charge is 0.162 e. The standard InChI is InChI=1S/C52H68N2O2/c1-6-7-8-9-10-11-12-13-14-15-16-17-18-26-47(55)40-29-27-39(28-30-40)36-56-37-43(35-52(3,4)5)48-38(2)54-46-25-20-19-24-44(46)50(48)45-32-31-41-22-21-23-42-33-34-53-51(45)49(41)42/h19-20,24-25,27-34,43H,6-18,21-23,26,35-37H2,1-5H3/t43-/m1/s1. The van der Waals surface area contributed by atoms with Gasteiger partial charge in [-0.1, -0.05) is 159 Å². The zero-order chi connectivity index (χ0) is 39.3. The number of nitrogens with zero attached hydrogens (tertiary/aromatic N) is 2. The number of para-hydroxylation sites is 1. The maximum Gasteiger partial charge on any atom is 0.162 e. The predicted molar refractivity (Wildman–Crippen MR) is 237 cm³/mol. The molecule has 4 nitrogen and oxygen atoms in total. The van der Waals surface area contributed by atoms with Crippen molar-refractivity contribution < 1.29 is 9.53 Å². The summed E-state index contributed by atoms with van der Waals surface area (Å²) in [6.07, 6.45) is 24.1. The first-order valence-electron chi connectivity index (χ1n) is 22.2. The van der Waals surface area contributed by atoms with Crippen molar-refractivity contribution in [2.24, 2.45) is 5.41 Å². The largest absolute Gasteiger partial charge is 0.376 e. The normalized spacial score (nSPS) is 13.4. The molecule has 6 rings (SSSR count). The van der Waals surface area contributed by atoms with Crippen LogP contribution >= 0.6 is 0 Å². The number of fused-ring (bicyclic) bond motifs is 1. The van der Waals surface area contributed by atoms with Crippen molar-refractivity contribution in [3.8, 4) is 11.1 Å². The van der Waals surface area contributed by atoms with Crippen molar-refractivity contribution in [2.75, 3.05) is 6.61 Å². The van der Waals surface area contributed by atoms with Gasteiger partial charge in [0.05, 0.1) is 24.2 Å². The number of aromatic nitrogens is 2. The zero-order valence-corrected chi connectivity index (χ0v) is 35.4. The second kappa shape index (κ2) is 20.5. The summed E-state index contributed by atoms with van der Waals surface area (Å²) in [6, 6.07) is 23.6. The second-order valence-corrected chi connectivity index (χ2v) is 17.9. The minimum atomic E-state index is 0.0802. The Balaban J connectivity index is 1.08. The van der Waals surface area contributed by atoms with Crippen LogP contribution in [0.5, 0.6) is 0 Å². The molecule has 0 spiro atoms. The molecule has 1 aliphatic carbocycles. The molecule has 0 saturated carbocycles. The van der Waals surface area contributed by atoms with E-state index in [2.05, 4.69) is 89.2 Å². The van der Waals surface area contributed by atoms with Gasteiger partial charge in [-0.05, 0) is 84.4 Å². The second-order valence-electron chi connectivity index (χ2n) is 17.9. The van der Waals surface area contributed by atoms with Crippen LogP contribution in [0.4, 0.5) is 0 Å². The number of rotatable bonds is 22. The number of Topliss-reactive ketones (excluding diaryl/α,β-unsaturated/α-hetero) is 1. The van der Waals surface area contributed by atoms with Crippen molar-refractivity contribution >= 4 is 27.6 Å². The lowest BCUT2D eigenvalue weighted by molar-refractivity contribution is 0.0950. The van der Waals surface area contributed by atoms with Crippen LogP contribution in [0.15, 0.2) is 72.9 Å². The summed E-state index contributed by atoms with van der Waals surface area (Å²) >= 11 is 0. The molecule has 3 aromatic carbocycles. The first kappa shape index (κ1) is 41.7. The molecule has 5 aromatic rings. The zero-order valence-electron chi connectivity index (χ0n) is 35.4. The minimum Gasteiger partial charge on any atom is -0.376 e. The number of aryl methyl sites for hydroxylation is 3. The summed E-state index contributed by atoms with van der Waals surface area (Å²) < 4.78 is 6.62. The summed E-state index contributed by atoms with van der Waals surface area (Å²) in [5.74, 6) is 0.389. The first-order chi connectivity index (χ1) is 27.2. The number of hydrogen-bond donors (Lipinski definition) is 0. The number of unbranched alkanes of at least 4 members (excludes halogenated alkanes) is 12. The fourth-order valence-electron chi connectivity index (χ4n) is 9.17. The van der Waals surface area contributed by atoms with Gasteiger partial charge in [0, 0.05) is 46.1 Å². The third-order valence-electron chi connectivity index (χ3n) is 12.0. The number of ketones is 1. The molecule has 0 saturated heterocycles. The highest BCUT2D eigenvalue weighted by molar-refractivity contribution is 6.06. The molecule has 0 N–H and O–H groups in total. The van der Waals surface area contributed by atoms with Gasteiger partial charge in [0.2, 0.25) is 0 Å². The Morgan fingerprint density at radius 2 is 1.41 bits per heavy atom. The van der Waals surface area contributed by atoms with Gasteiger partial charge < -0.3 is 4.74 Å². The van der Waals surface area contributed by atoms with E-state index in [9.17, 15) is 4.79 Å². The van der Waals surface area contributed by atoms with Gasteiger partial charge in [-0.25, -0.2) is 0 Å². The Labute approximate surface area is 338 Å². The molecule has 1 atom stereocenters. The molecule has 298 valence electrons. The van der Waals surface area contributed by atoms with E-state index in [0.29, 0.717) is 19.6 Å². The fourth-order valence-corrected chi connectivity index (χ4v) is 9.17. The van der Waals surface area contributed by atoms with Crippen LogP contribution in [0.1, 0.15) is 175 Å². The van der Waals surface area contributed by atoms with E-state index < -0.39 is 0 Å². The van der Waals surface area contributed by atoms with Crippen LogP contribution in [0.3, 0.4) is 0 Å². The average molecular weight is 753 g/mol.